The van der Waals surface area contributed by atoms with Gasteiger partial charge in [0, 0.05) is 24.5 Å². The Morgan fingerprint density at radius 2 is 2.42 bits per heavy atom. The number of aliphatic hydroxyl groups excluding tert-OH is 1. The van der Waals surface area contributed by atoms with Crippen LogP contribution < -0.4 is 0 Å². The van der Waals surface area contributed by atoms with Gasteiger partial charge in [-0.3, -0.25) is 4.90 Å². The largest absolute Gasteiger partial charge is 0.396 e. The van der Waals surface area contributed by atoms with Gasteiger partial charge in [-0.15, -0.1) is 0 Å². The molecule has 2 aliphatic rings. The summed E-state index contributed by atoms with van der Waals surface area (Å²) in [4.78, 5) is 2.53. The molecule has 1 N–H and O–H groups in total. The van der Waals surface area contributed by atoms with Crippen molar-refractivity contribution in [3.8, 4) is 0 Å². The van der Waals surface area contributed by atoms with Crippen molar-refractivity contribution in [3.05, 3.63) is 0 Å². The van der Waals surface area contributed by atoms with Crippen molar-refractivity contribution in [1.82, 2.24) is 4.90 Å². The fraction of sp³-hybridized carbons (Fsp3) is 1.00. The normalized spacial score (nSPS) is 42.8. The lowest BCUT2D eigenvalue weighted by Crippen LogP contribution is -2.33. The van der Waals surface area contributed by atoms with E-state index in [4.69, 9.17) is 0 Å². The van der Waals surface area contributed by atoms with Crippen LogP contribution in [0, 0.1) is 11.3 Å². The van der Waals surface area contributed by atoms with Crippen LogP contribution in [0.15, 0.2) is 0 Å². The molecule has 2 heteroatoms. The molecule has 3 unspecified atom stereocenters. The van der Waals surface area contributed by atoms with Crippen molar-refractivity contribution in [2.75, 3.05) is 19.7 Å². The molecule has 2 rings (SSSR count). The topological polar surface area (TPSA) is 23.5 Å². The van der Waals surface area contributed by atoms with E-state index >= 15 is 0 Å². The van der Waals surface area contributed by atoms with Gasteiger partial charge in [-0.25, -0.2) is 0 Å². The van der Waals surface area contributed by atoms with Crippen LogP contribution in [0.25, 0.3) is 0 Å². The summed E-state index contributed by atoms with van der Waals surface area (Å²) in [6.07, 6.45) is 2.50. The van der Waals surface area contributed by atoms with Crippen LogP contribution in [-0.2, 0) is 0 Å². The molecular formula is C10H19NO. The third-order valence-electron chi connectivity index (χ3n) is 3.86. The number of aliphatic hydroxyl groups is 1. The smallest absolute Gasteiger partial charge is 0.0502 e. The summed E-state index contributed by atoms with van der Waals surface area (Å²) in [5, 5.41) is 9.21. The van der Waals surface area contributed by atoms with Gasteiger partial charge in [-0.1, -0.05) is 6.92 Å². The Hall–Kier alpha value is -0.0800. The van der Waals surface area contributed by atoms with E-state index in [9.17, 15) is 5.11 Å². The first-order valence-electron chi connectivity index (χ1n) is 5.07. The summed E-state index contributed by atoms with van der Waals surface area (Å²) >= 11 is 0. The van der Waals surface area contributed by atoms with Crippen LogP contribution in [0.4, 0.5) is 0 Å². The van der Waals surface area contributed by atoms with Gasteiger partial charge < -0.3 is 5.11 Å². The molecule has 70 valence electrons. The van der Waals surface area contributed by atoms with Gasteiger partial charge in [0.2, 0.25) is 0 Å². The Balaban J connectivity index is 1.92. The molecule has 1 saturated heterocycles. The number of likely N-dealkylation sites (tertiary alicyclic amines) is 1. The zero-order chi connectivity index (χ0) is 8.77. The molecule has 0 spiro atoms. The monoisotopic (exact) mass is 169 g/mol. The van der Waals surface area contributed by atoms with E-state index in [1.165, 1.54) is 19.4 Å². The molecule has 0 bridgehead atoms. The van der Waals surface area contributed by atoms with Crippen molar-refractivity contribution in [2.24, 2.45) is 11.3 Å². The molecule has 0 aromatic rings. The Labute approximate surface area is 74.6 Å². The lowest BCUT2D eigenvalue weighted by molar-refractivity contribution is 0.164. The van der Waals surface area contributed by atoms with E-state index in [1.54, 1.807) is 0 Å². The number of rotatable bonds is 3. The SMILES string of the molecule is CCC(C)N1CC2CC2(CO)C1. The molecule has 2 nitrogen and oxygen atoms in total. The molecule has 1 aliphatic carbocycles. The van der Waals surface area contributed by atoms with Crippen LogP contribution in [-0.4, -0.2) is 35.7 Å². The fourth-order valence-electron chi connectivity index (χ4n) is 2.47. The Morgan fingerprint density at radius 1 is 1.67 bits per heavy atom. The lowest BCUT2D eigenvalue weighted by atomic mass is 10.1. The summed E-state index contributed by atoms with van der Waals surface area (Å²) in [6, 6.07) is 0.709. The minimum absolute atomic E-state index is 0.337. The van der Waals surface area contributed by atoms with E-state index in [2.05, 4.69) is 18.7 Å². The molecule has 1 aliphatic heterocycles. The van der Waals surface area contributed by atoms with Gasteiger partial charge in [-0.05, 0) is 25.7 Å². The second-order valence-corrected chi connectivity index (χ2v) is 4.61. The second kappa shape index (κ2) is 2.71. The molecular weight excluding hydrogens is 150 g/mol. The molecule has 2 fully saturated rings. The number of fused-ring (bicyclic) bond motifs is 1. The summed E-state index contributed by atoms with van der Waals surface area (Å²) < 4.78 is 0. The predicted molar refractivity (Wildman–Crippen MR) is 49.0 cm³/mol. The minimum atomic E-state index is 0.337. The van der Waals surface area contributed by atoms with Crippen molar-refractivity contribution >= 4 is 0 Å². The summed E-state index contributed by atoms with van der Waals surface area (Å²) in [5.74, 6) is 0.816. The van der Waals surface area contributed by atoms with Gasteiger partial charge in [0.1, 0.15) is 0 Å². The molecule has 1 saturated carbocycles. The second-order valence-electron chi connectivity index (χ2n) is 4.61. The molecule has 3 atom stereocenters. The average Bonchev–Trinajstić information content (AvgIpc) is 2.68. The van der Waals surface area contributed by atoms with Crippen LogP contribution in [0.3, 0.4) is 0 Å². The zero-order valence-electron chi connectivity index (χ0n) is 8.08. The van der Waals surface area contributed by atoms with Crippen molar-refractivity contribution in [3.63, 3.8) is 0 Å². The maximum Gasteiger partial charge on any atom is 0.0502 e. The first kappa shape index (κ1) is 8.52. The third-order valence-corrected chi connectivity index (χ3v) is 3.86. The average molecular weight is 169 g/mol. The minimum Gasteiger partial charge on any atom is -0.396 e. The van der Waals surface area contributed by atoms with E-state index in [0.29, 0.717) is 18.1 Å². The number of hydrogen-bond donors (Lipinski definition) is 1. The molecule has 0 radical (unpaired) electrons. The van der Waals surface area contributed by atoms with E-state index in [1.807, 2.05) is 0 Å². The Morgan fingerprint density at radius 3 is 2.92 bits per heavy atom. The fourth-order valence-corrected chi connectivity index (χ4v) is 2.47. The molecule has 0 amide bonds. The van der Waals surface area contributed by atoms with Gasteiger partial charge in [0.15, 0.2) is 0 Å². The maximum atomic E-state index is 9.21. The maximum absolute atomic E-state index is 9.21. The number of piperidine rings is 1. The third kappa shape index (κ3) is 1.09. The van der Waals surface area contributed by atoms with E-state index in [0.717, 1.165) is 12.5 Å². The van der Waals surface area contributed by atoms with E-state index < -0.39 is 0 Å². The highest BCUT2D eigenvalue weighted by Gasteiger charge is 2.59. The molecule has 0 aromatic heterocycles. The molecule has 0 aromatic carbocycles. The number of hydrogen-bond acceptors (Lipinski definition) is 2. The van der Waals surface area contributed by atoms with Crippen molar-refractivity contribution < 1.29 is 5.11 Å². The Kier molecular flexibility index (Phi) is 1.92. The zero-order valence-corrected chi connectivity index (χ0v) is 8.08. The van der Waals surface area contributed by atoms with Crippen LogP contribution >= 0.6 is 0 Å². The van der Waals surface area contributed by atoms with Crippen LogP contribution in [0.1, 0.15) is 26.7 Å². The van der Waals surface area contributed by atoms with Crippen molar-refractivity contribution in [2.45, 2.75) is 32.7 Å². The van der Waals surface area contributed by atoms with Gasteiger partial charge in [0.25, 0.3) is 0 Å². The highest BCUT2D eigenvalue weighted by molar-refractivity contribution is 5.10. The highest BCUT2D eigenvalue weighted by Crippen LogP contribution is 2.57. The van der Waals surface area contributed by atoms with Crippen molar-refractivity contribution in [1.29, 1.82) is 0 Å². The molecule has 12 heavy (non-hydrogen) atoms. The van der Waals surface area contributed by atoms with Crippen LogP contribution in [0.2, 0.25) is 0 Å². The van der Waals surface area contributed by atoms with Crippen LogP contribution in [0.5, 0.6) is 0 Å². The number of nitrogens with zero attached hydrogens (tertiary/aromatic N) is 1. The lowest BCUT2D eigenvalue weighted by Gasteiger charge is -2.25. The van der Waals surface area contributed by atoms with Gasteiger partial charge in [0.05, 0.1) is 6.61 Å². The quantitative estimate of drug-likeness (QED) is 0.684. The predicted octanol–water partition coefficient (Wildman–Crippen LogP) is 1.10. The summed E-state index contributed by atoms with van der Waals surface area (Å²) in [6.45, 7) is 7.30. The first-order valence-corrected chi connectivity index (χ1v) is 5.07. The summed E-state index contributed by atoms with van der Waals surface area (Å²) in [5.41, 5.74) is 0.337. The van der Waals surface area contributed by atoms with Gasteiger partial charge in [-0.2, -0.15) is 0 Å². The highest BCUT2D eigenvalue weighted by atomic mass is 16.3. The van der Waals surface area contributed by atoms with Gasteiger partial charge >= 0.3 is 0 Å². The Bertz CT molecular complexity index is 179. The standard InChI is InChI=1S/C10H19NO/c1-3-8(2)11-5-9-4-10(9,6-11)7-12/h8-9,12H,3-7H2,1-2H3. The summed E-state index contributed by atoms with van der Waals surface area (Å²) in [7, 11) is 0. The first-order chi connectivity index (χ1) is 5.72. The van der Waals surface area contributed by atoms with E-state index in [-0.39, 0.29) is 0 Å². The molecule has 1 heterocycles.